The second kappa shape index (κ2) is 56.6. The Balaban J connectivity index is 2.20. The summed E-state index contributed by atoms with van der Waals surface area (Å²) >= 11 is 0. The number of aliphatic hydroxyl groups excluding tert-OH is 5. The van der Waals surface area contributed by atoms with Crippen molar-refractivity contribution in [2.75, 3.05) is 13.2 Å². The molecule has 0 radical (unpaired) electrons. The second-order valence-corrected chi connectivity index (χ2v) is 22.2. The molecule has 1 saturated heterocycles. The minimum Gasteiger partial charge on any atom is -0.394 e. The summed E-state index contributed by atoms with van der Waals surface area (Å²) in [4.78, 5) is 13.1. The lowest BCUT2D eigenvalue weighted by molar-refractivity contribution is -0.302. The number of carbonyl (C=O) groups is 1. The molecule has 0 spiro atoms. The zero-order valence-corrected chi connectivity index (χ0v) is 49.7. The molecule has 1 aliphatic rings. The number of aliphatic hydroxyl groups is 5. The zero-order chi connectivity index (χ0) is 55.8. The van der Waals surface area contributed by atoms with Gasteiger partial charge in [-0.3, -0.25) is 4.79 Å². The normalized spacial score (nSPS) is 19.3. The first kappa shape index (κ1) is 72.4. The van der Waals surface area contributed by atoms with Gasteiger partial charge in [-0.15, -0.1) is 0 Å². The van der Waals surface area contributed by atoms with E-state index in [-0.39, 0.29) is 12.5 Å². The summed E-state index contributed by atoms with van der Waals surface area (Å²) < 4.78 is 11.3. The third-order valence-electron chi connectivity index (χ3n) is 15.0. The van der Waals surface area contributed by atoms with Crippen LogP contribution in [0.3, 0.4) is 0 Å². The van der Waals surface area contributed by atoms with Gasteiger partial charge in [0.05, 0.1) is 25.4 Å². The summed E-state index contributed by atoms with van der Waals surface area (Å²) in [5, 5.41) is 54.6. The van der Waals surface area contributed by atoms with Crippen molar-refractivity contribution in [3.05, 3.63) is 85.1 Å². The number of nitrogens with one attached hydrogen (secondary N) is 1. The summed E-state index contributed by atoms with van der Waals surface area (Å²) in [6.07, 6.45) is 73.9. The quantitative estimate of drug-likeness (QED) is 0.0261. The molecule has 1 heterocycles. The molecule has 1 amide bonds. The standard InChI is InChI=1S/C68H121NO8/c1-3-5-7-9-11-13-15-17-19-21-23-25-27-28-29-30-31-32-33-34-36-37-39-41-43-45-47-49-51-53-55-57-62(71)61(60-76-68-67(75)66(74)65(73)63(59-70)77-68)69-64(72)58-56-54-52-50-48-46-44-42-40-38-35-26-24-22-20-18-16-14-12-10-8-6-4-2/h6,8,12,14,18,20,24,26,38,40,47,49,55,57,61-63,65-68,70-71,73-75H,3-5,7,9-11,13,15-17,19,21-23,25,27-37,39,41-46,48,50-54,56,58-60H2,1-2H3,(H,69,72)/b8-6-,14-12-,20-18-,26-24-,40-38-,49-47+,57-55+. The van der Waals surface area contributed by atoms with Crippen molar-refractivity contribution in [1.29, 1.82) is 0 Å². The summed E-state index contributed by atoms with van der Waals surface area (Å²) in [7, 11) is 0. The minimum absolute atomic E-state index is 0.198. The van der Waals surface area contributed by atoms with Gasteiger partial charge in [0, 0.05) is 6.42 Å². The Hall–Kier alpha value is -2.63. The fourth-order valence-corrected chi connectivity index (χ4v) is 9.91. The average molecular weight is 1080 g/mol. The lowest BCUT2D eigenvalue weighted by Crippen LogP contribution is -2.60. The largest absolute Gasteiger partial charge is 0.394 e. The van der Waals surface area contributed by atoms with Gasteiger partial charge in [-0.25, -0.2) is 0 Å². The van der Waals surface area contributed by atoms with E-state index >= 15 is 0 Å². The van der Waals surface area contributed by atoms with Crippen LogP contribution in [-0.4, -0.2) is 87.5 Å². The number of carbonyl (C=O) groups excluding carboxylic acids is 1. The number of unbranched alkanes of at least 4 members (excludes halogenated alkanes) is 33. The van der Waals surface area contributed by atoms with Gasteiger partial charge in [0.15, 0.2) is 6.29 Å². The molecule has 9 nitrogen and oxygen atoms in total. The third-order valence-corrected chi connectivity index (χ3v) is 15.0. The highest BCUT2D eigenvalue weighted by Gasteiger charge is 2.44. The van der Waals surface area contributed by atoms with E-state index in [4.69, 9.17) is 9.47 Å². The molecular weight excluding hydrogens is 959 g/mol. The van der Waals surface area contributed by atoms with Gasteiger partial charge in [-0.2, -0.15) is 0 Å². The zero-order valence-electron chi connectivity index (χ0n) is 49.7. The number of hydrogen-bond donors (Lipinski definition) is 6. The van der Waals surface area contributed by atoms with Crippen LogP contribution in [0, 0.1) is 0 Å². The molecule has 446 valence electrons. The molecule has 0 aliphatic carbocycles. The van der Waals surface area contributed by atoms with Crippen molar-refractivity contribution in [3.8, 4) is 0 Å². The fourth-order valence-electron chi connectivity index (χ4n) is 9.91. The average Bonchev–Trinajstić information content (AvgIpc) is 3.43. The smallest absolute Gasteiger partial charge is 0.220 e. The number of allylic oxidation sites excluding steroid dienone is 13. The van der Waals surface area contributed by atoms with Gasteiger partial charge in [0.2, 0.25) is 5.91 Å². The maximum Gasteiger partial charge on any atom is 0.220 e. The molecule has 0 bridgehead atoms. The van der Waals surface area contributed by atoms with Crippen molar-refractivity contribution in [2.24, 2.45) is 0 Å². The Morgan fingerprint density at radius 1 is 0.455 bits per heavy atom. The highest BCUT2D eigenvalue weighted by Crippen LogP contribution is 2.23. The van der Waals surface area contributed by atoms with Crippen LogP contribution in [0.4, 0.5) is 0 Å². The van der Waals surface area contributed by atoms with Crippen LogP contribution in [0.25, 0.3) is 0 Å². The Bertz CT molecular complexity index is 1490. The summed E-state index contributed by atoms with van der Waals surface area (Å²) in [5.41, 5.74) is 0. The molecule has 7 atom stereocenters. The Labute approximate surface area is 473 Å². The molecule has 0 aromatic rings. The van der Waals surface area contributed by atoms with Crippen LogP contribution < -0.4 is 5.32 Å². The van der Waals surface area contributed by atoms with E-state index in [0.717, 1.165) is 83.5 Å². The SMILES string of the molecule is CC/C=C\C/C=C\C/C=C\C/C=C\C/C=C\CCCCCCCCCC(=O)NC(COC1OC(CO)C(O)C(O)C1O)C(O)/C=C/CC/C=C/CCCCCCCCCCCCCCCCCCCCCCCCCCC. The topological polar surface area (TPSA) is 149 Å². The highest BCUT2D eigenvalue weighted by molar-refractivity contribution is 5.76. The van der Waals surface area contributed by atoms with Gasteiger partial charge < -0.3 is 40.3 Å². The van der Waals surface area contributed by atoms with Gasteiger partial charge in [0.25, 0.3) is 0 Å². The summed E-state index contributed by atoms with van der Waals surface area (Å²) in [6.45, 7) is 3.67. The van der Waals surface area contributed by atoms with E-state index in [1.54, 1.807) is 6.08 Å². The number of ether oxygens (including phenoxy) is 2. The number of hydrogen-bond acceptors (Lipinski definition) is 8. The first-order chi connectivity index (χ1) is 37.8. The lowest BCUT2D eigenvalue weighted by Gasteiger charge is -2.40. The van der Waals surface area contributed by atoms with Crippen LogP contribution in [-0.2, 0) is 14.3 Å². The van der Waals surface area contributed by atoms with Crippen LogP contribution in [0.5, 0.6) is 0 Å². The van der Waals surface area contributed by atoms with Gasteiger partial charge in [-0.05, 0) is 77.0 Å². The summed E-state index contributed by atoms with van der Waals surface area (Å²) in [5.74, 6) is -0.198. The van der Waals surface area contributed by atoms with Crippen molar-refractivity contribution >= 4 is 5.91 Å². The molecule has 9 heteroatoms. The summed E-state index contributed by atoms with van der Waals surface area (Å²) in [6, 6.07) is -0.835. The minimum atomic E-state index is -1.58. The molecule has 1 aliphatic heterocycles. The maximum absolute atomic E-state index is 13.1. The number of amides is 1. The first-order valence-corrected chi connectivity index (χ1v) is 32.3. The van der Waals surface area contributed by atoms with Crippen molar-refractivity contribution in [3.63, 3.8) is 0 Å². The van der Waals surface area contributed by atoms with E-state index in [2.05, 4.69) is 92.1 Å². The second-order valence-electron chi connectivity index (χ2n) is 22.2. The molecule has 6 N–H and O–H groups in total. The van der Waals surface area contributed by atoms with E-state index in [9.17, 15) is 30.3 Å². The van der Waals surface area contributed by atoms with E-state index in [1.165, 1.54) is 180 Å². The van der Waals surface area contributed by atoms with Gasteiger partial charge in [-0.1, -0.05) is 285 Å². The molecule has 77 heavy (non-hydrogen) atoms. The maximum atomic E-state index is 13.1. The predicted octanol–water partition coefficient (Wildman–Crippen LogP) is 17.0. The molecular formula is C68H121NO8. The number of rotatable bonds is 55. The van der Waals surface area contributed by atoms with Crippen LogP contribution in [0.1, 0.15) is 284 Å². The Kier molecular flexibility index (Phi) is 53.2. The van der Waals surface area contributed by atoms with E-state index < -0.39 is 49.5 Å². The highest BCUT2D eigenvalue weighted by atomic mass is 16.7. The van der Waals surface area contributed by atoms with Crippen molar-refractivity contribution in [1.82, 2.24) is 5.32 Å². The van der Waals surface area contributed by atoms with Crippen molar-refractivity contribution < 1.29 is 39.8 Å². The van der Waals surface area contributed by atoms with Gasteiger partial charge >= 0.3 is 0 Å². The lowest BCUT2D eigenvalue weighted by atomic mass is 9.99. The Morgan fingerprint density at radius 3 is 1.25 bits per heavy atom. The predicted molar refractivity (Wildman–Crippen MR) is 327 cm³/mol. The van der Waals surface area contributed by atoms with E-state index in [0.29, 0.717) is 6.42 Å². The molecule has 0 aromatic heterocycles. The molecule has 0 aromatic carbocycles. The van der Waals surface area contributed by atoms with Crippen LogP contribution in [0.2, 0.25) is 0 Å². The van der Waals surface area contributed by atoms with E-state index in [1.807, 2.05) is 6.08 Å². The van der Waals surface area contributed by atoms with Gasteiger partial charge in [0.1, 0.15) is 24.4 Å². The molecule has 0 saturated carbocycles. The van der Waals surface area contributed by atoms with Crippen LogP contribution >= 0.6 is 0 Å². The van der Waals surface area contributed by atoms with Crippen molar-refractivity contribution in [2.45, 2.75) is 326 Å². The first-order valence-electron chi connectivity index (χ1n) is 32.3. The molecule has 1 fully saturated rings. The van der Waals surface area contributed by atoms with Crippen LogP contribution in [0.15, 0.2) is 85.1 Å². The fraction of sp³-hybridized carbons (Fsp3) is 0.779. The molecule has 7 unspecified atom stereocenters. The third kappa shape index (κ3) is 45.8. The monoisotopic (exact) mass is 1080 g/mol. The Morgan fingerprint density at radius 2 is 0.818 bits per heavy atom. The molecule has 1 rings (SSSR count).